The topological polar surface area (TPSA) is 54.4 Å². The van der Waals surface area contributed by atoms with Crippen molar-refractivity contribution >= 4 is 24.8 Å². The van der Waals surface area contributed by atoms with Gasteiger partial charge < -0.3 is 0 Å². The van der Waals surface area contributed by atoms with Crippen molar-refractivity contribution in [3.05, 3.63) is 36.4 Å². The smallest absolute Gasteiger partial charge is 0.282 e. The molecule has 0 aliphatic heterocycles. The highest BCUT2D eigenvalue weighted by Crippen LogP contribution is 2.15. The minimum atomic E-state index is -4.18. The van der Waals surface area contributed by atoms with Crippen LogP contribution in [0, 0.1) is 5.92 Å². The molecular weight excluding hydrogens is 264 g/mol. The molecule has 98 valence electrons. The molecule has 0 heterocycles. The molecule has 0 spiro atoms. The highest BCUT2D eigenvalue weighted by Gasteiger charge is 2.19. The lowest BCUT2D eigenvalue weighted by atomic mass is 10.1. The molecule has 5 heteroatoms. The Morgan fingerprint density at radius 1 is 1.44 bits per heavy atom. The lowest BCUT2D eigenvalue weighted by Crippen LogP contribution is -2.24. The van der Waals surface area contributed by atoms with Crippen LogP contribution in [-0.4, -0.2) is 22.5 Å². The van der Waals surface area contributed by atoms with E-state index in [4.69, 9.17) is 0 Å². The third kappa shape index (κ3) is 4.08. The molecule has 0 aromatic heterocycles. The van der Waals surface area contributed by atoms with Gasteiger partial charge in [0.1, 0.15) is 0 Å². The minimum Gasteiger partial charge on any atom is -0.282 e. The second-order valence-electron chi connectivity index (χ2n) is 4.54. The minimum absolute atomic E-state index is 0.0730. The van der Waals surface area contributed by atoms with Crippen molar-refractivity contribution in [3.8, 4) is 0 Å². The van der Waals surface area contributed by atoms with E-state index in [-0.39, 0.29) is 4.90 Å². The van der Waals surface area contributed by atoms with Crippen molar-refractivity contribution in [2.24, 2.45) is 5.92 Å². The first-order chi connectivity index (χ1) is 8.36. The van der Waals surface area contributed by atoms with Crippen molar-refractivity contribution < 1.29 is 13.0 Å². The summed E-state index contributed by atoms with van der Waals surface area (Å²) in [4.78, 5) is 0.0730. The van der Waals surface area contributed by atoms with Crippen LogP contribution in [0.1, 0.15) is 19.4 Å². The molecule has 0 atom stereocenters. The van der Waals surface area contributed by atoms with Crippen molar-refractivity contribution in [1.29, 1.82) is 0 Å². The molecule has 0 saturated carbocycles. The molecule has 1 aromatic rings. The fourth-order valence-corrected chi connectivity index (χ4v) is 4.25. The van der Waals surface area contributed by atoms with Crippen LogP contribution < -0.4 is 5.19 Å². The van der Waals surface area contributed by atoms with Gasteiger partial charge in [-0.2, -0.15) is 8.42 Å². The standard InChI is InChI=1S/C13H18O3SSi/c1-4-6-11-7-5-8-12(18-9-10(2)3)13(11)17(14,15)16/h4-5,7-8,10H,1,6,9H2,2-3H3,(H,14,15,16). The largest absolute Gasteiger partial charge is 0.294 e. The van der Waals surface area contributed by atoms with Gasteiger partial charge in [0.15, 0.2) is 0 Å². The van der Waals surface area contributed by atoms with Gasteiger partial charge in [0.05, 0.1) is 14.4 Å². The summed E-state index contributed by atoms with van der Waals surface area (Å²) in [6.07, 6.45) is 2.08. The van der Waals surface area contributed by atoms with Crippen molar-refractivity contribution in [2.45, 2.75) is 31.2 Å². The van der Waals surface area contributed by atoms with Crippen LogP contribution in [0.5, 0.6) is 0 Å². The molecule has 1 aromatic carbocycles. The zero-order chi connectivity index (χ0) is 13.8. The molecule has 0 aliphatic carbocycles. The molecule has 3 nitrogen and oxygen atoms in total. The second kappa shape index (κ2) is 6.31. The van der Waals surface area contributed by atoms with E-state index in [1.54, 1.807) is 18.2 Å². The Balaban J connectivity index is 3.24. The molecule has 0 saturated heterocycles. The van der Waals surface area contributed by atoms with E-state index >= 15 is 0 Å². The monoisotopic (exact) mass is 282 g/mol. The van der Waals surface area contributed by atoms with Gasteiger partial charge in [0, 0.05) is 0 Å². The summed E-state index contributed by atoms with van der Waals surface area (Å²) in [6, 6.07) is 6.24. The van der Waals surface area contributed by atoms with Crippen LogP contribution in [-0.2, 0) is 16.5 Å². The summed E-state index contributed by atoms with van der Waals surface area (Å²) in [6.45, 7) is 7.79. The Bertz CT molecular complexity index is 521. The lowest BCUT2D eigenvalue weighted by molar-refractivity contribution is 0.483. The van der Waals surface area contributed by atoms with Crippen LogP contribution in [0.4, 0.5) is 0 Å². The second-order valence-corrected chi connectivity index (χ2v) is 7.20. The molecule has 0 fully saturated rings. The van der Waals surface area contributed by atoms with Crippen molar-refractivity contribution in [2.75, 3.05) is 0 Å². The Labute approximate surface area is 111 Å². The van der Waals surface area contributed by atoms with E-state index < -0.39 is 10.1 Å². The average Bonchev–Trinajstić information content (AvgIpc) is 2.25. The predicted molar refractivity (Wildman–Crippen MR) is 75.2 cm³/mol. The fraction of sp³-hybridized carbons (Fsp3) is 0.385. The average molecular weight is 282 g/mol. The maximum atomic E-state index is 11.5. The molecule has 0 bridgehead atoms. The van der Waals surface area contributed by atoms with E-state index in [1.807, 2.05) is 6.07 Å². The SMILES string of the molecule is C=CCc1cccc([Si]CC(C)C)c1S(=O)(=O)O. The van der Waals surface area contributed by atoms with Crippen LogP contribution in [0.25, 0.3) is 0 Å². The van der Waals surface area contributed by atoms with Gasteiger partial charge in [0.2, 0.25) is 0 Å². The maximum absolute atomic E-state index is 11.5. The van der Waals surface area contributed by atoms with E-state index in [0.29, 0.717) is 32.6 Å². The van der Waals surface area contributed by atoms with Gasteiger partial charge in [0.25, 0.3) is 10.1 Å². The number of rotatable bonds is 6. The molecule has 1 rings (SSSR count). The van der Waals surface area contributed by atoms with Gasteiger partial charge in [-0.15, -0.1) is 6.58 Å². The zero-order valence-corrected chi connectivity index (χ0v) is 12.5. The molecular formula is C13H18O3SSi. The van der Waals surface area contributed by atoms with E-state index in [2.05, 4.69) is 20.4 Å². The Hall–Kier alpha value is -0.913. The first-order valence-electron chi connectivity index (χ1n) is 5.80. The normalized spacial score (nSPS) is 11.8. The van der Waals surface area contributed by atoms with Gasteiger partial charge in [-0.05, 0) is 23.1 Å². The van der Waals surface area contributed by atoms with E-state index in [1.165, 1.54) is 0 Å². The first kappa shape index (κ1) is 15.1. The van der Waals surface area contributed by atoms with Gasteiger partial charge in [-0.25, -0.2) is 0 Å². The third-order valence-corrected chi connectivity index (χ3v) is 5.42. The summed E-state index contributed by atoms with van der Waals surface area (Å²) in [5.74, 6) is 0.501. The summed E-state index contributed by atoms with van der Waals surface area (Å²) < 4.78 is 32.4. The molecule has 0 amide bonds. The van der Waals surface area contributed by atoms with E-state index in [0.717, 1.165) is 6.04 Å². The quantitative estimate of drug-likeness (QED) is 0.494. The molecule has 1 N–H and O–H groups in total. The summed E-state index contributed by atoms with van der Waals surface area (Å²) in [5, 5.41) is 0.713. The van der Waals surface area contributed by atoms with E-state index in [9.17, 15) is 13.0 Å². The zero-order valence-electron chi connectivity index (χ0n) is 10.7. The number of hydrogen-bond donors (Lipinski definition) is 1. The lowest BCUT2D eigenvalue weighted by Gasteiger charge is -2.12. The molecule has 2 radical (unpaired) electrons. The Morgan fingerprint density at radius 3 is 2.61 bits per heavy atom. The summed E-state index contributed by atoms with van der Waals surface area (Å²) in [7, 11) is -3.79. The molecule has 0 aliphatic rings. The van der Waals surface area contributed by atoms with Crippen molar-refractivity contribution in [1.82, 2.24) is 0 Å². The van der Waals surface area contributed by atoms with Crippen LogP contribution >= 0.6 is 0 Å². The predicted octanol–water partition coefficient (Wildman–Crippen LogP) is 2.07. The summed E-state index contributed by atoms with van der Waals surface area (Å²) in [5.41, 5.74) is 0.612. The van der Waals surface area contributed by atoms with Crippen LogP contribution in [0.2, 0.25) is 6.04 Å². The van der Waals surface area contributed by atoms with Gasteiger partial charge in [-0.3, -0.25) is 4.55 Å². The van der Waals surface area contributed by atoms with Gasteiger partial charge in [-0.1, -0.05) is 44.2 Å². The van der Waals surface area contributed by atoms with Crippen LogP contribution in [0.3, 0.4) is 0 Å². The maximum Gasteiger partial charge on any atom is 0.294 e. The number of allylic oxidation sites excluding steroid dienone is 1. The summed E-state index contributed by atoms with van der Waals surface area (Å²) >= 11 is 0. The highest BCUT2D eigenvalue weighted by atomic mass is 32.2. The number of hydrogen-bond acceptors (Lipinski definition) is 2. The van der Waals surface area contributed by atoms with Crippen LogP contribution in [0.15, 0.2) is 35.7 Å². The fourth-order valence-electron chi connectivity index (χ4n) is 1.66. The first-order valence-corrected chi connectivity index (χ1v) is 8.45. The van der Waals surface area contributed by atoms with Crippen molar-refractivity contribution in [3.63, 3.8) is 0 Å². The van der Waals surface area contributed by atoms with Gasteiger partial charge >= 0.3 is 0 Å². The third-order valence-electron chi connectivity index (χ3n) is 2.42. The highest BCUT2D eigenvalue weighted by molar-refractivity contribution is 7.86. The molecule has 18 heavy (non-hydrogen) atoms. The Morgan fingerprint density at radius 2 is 2.11 bits per heavy atom. The molecule has 0 unspecified atom stereocenters. The Kier molecular flexibility index (Phi) is 5.31. The number of benzene rings is 1.